The molecule has 0 aliphatic carbocycles. The standard InChI is InChI=1S/C6H13ClO2Si.Zn/c1-10(2,3)6(7)4-9-5-8;/h5-6H,4H2,1-3H3;. The van der Waals surface area contributed by atoms with Crippen LogP contribution in [0.1, 0.15) is 0 Å². The quantitative estimate of drug-likeness (QED) is 0.428. The van der Waals surface area contributed by atoms with E-state index in [0.29, 0.717) is 13.1 Å². The van der Waals surface area contributed by atoms with Crippen molar-refractivity contribution in [1.82, 2.24) is 0 Å². The van der Waals surface area contributed by atoms with Gasteiger partial charge in [-0.15, -0.1) is 11.6 Å². The minimum absolute atomic E-state index is 0. The van der Waals surface area contributed by atoms with Gasteiger partial charge in [-0.25, -0.2) is 0 Å². The summed E-state index contributed by atoms with van der Waals surface area (Å²) in [6.07, 6.45) is 0. The molecule has 0 N–H and O–H groups in total. The predicted octanol–water partition coefficient (Wildman–Crippen LogP) is 1.64. The molecule has 0 saturated carbocycles. The Kier molecular flexibility index (Phi) is 7.91. The number of alkyl halides is 1. The van der Waals surface area contributed by atoms with Crippen LogP contribution in [0.2, 0.25) is 19.6 Å². The van der Waals surface area contributed by atoms with Gasteiger partial charge in [0.1, 0.15) is 6.61 Å². The van der Waals surface area contributed by atoms with Gasteiger partial charge in [-0.2, -0.15) is 0 Å². The molecule has 11 heavy (non-hydrogen) atoms. The smallest absolute Gasteiger partial charge is 0.293 e. The minimum Gasteiger partial charge on any atom is -0.467 e. The van der Waals surface area contributed by atoms with Crippen molar-refractivity contribution in [3.63, 3.8) is 0 Å². The van der Waals surface area contributed by atoms with E-state index in [2.05, 4.69) is 24.4 Å². The van der Waals surface area contributed by atoms with Gasteiger partial charge in [0, 0.05) is 19.5 Å². The molecular formula is C6H13ClO2SiZn. The van der Waals surface area contributed by atoms with Gasteiger partial charge in [-0.05, 0) is 0 Å². The Morgan fingerprint density at radius 1 is 1.55 bits per heavy atom. The number of carbonyl (C=O) groups is 1. The van der Waals surface area contributed by atoms with E-state index < -0.39 is 8.07 Å². The molecule has 0 heterocycles. The van der Waals surface area contributed by atoms with E-state index >= 15 is 0 Å². The van der Waals surface area contributed by atoms with E-state index in [1.165, 1.54) is 0 Å². The summed E-state index contributed by atoms with van der Waals surface area (Å²) in [5, 5.41) is 0.0256. The first-order valence-electron chi connectivity index (χ1n) is 3.18. The summed E-state index contributed by atoms with van der Waals surface area (Å²) in [6, 6.07) is 0. The van der Waals surface area contributed by atoms with Gasteiger partial charge in [-0.3, -0.25) is 4.79 Å². The number of carbonyl (C=O) groups excluding carboxylic acids is 1. The Morgan fingerprint density at radius 2 is 2.00 bits per heavy atom. The molecule has 0 aromatic carbocycles. The summed E-state index contributed by atoms with van der Waals surface area (Å²) in [6.45, 7) is 7.20. The molecule has 1 atom stereocenters. The molecule has 0 aromatic heterocycles. The molecule has 62 valence electrons. The number of hydrogen-bond donors (Lipinski definition) is 0. The van der Waals surface area contributed by atoms with Crippen molar-refractivity contribution in [2.45, 2.75) is 24.6 Å². The Morgan fingerprint density at radius 3 is 2.27 bits per heavy atom. The SMILES string of the molecule is C[Si](C)(C)C(Cl)COC=O.[Zn]. The number of halogens is 1. The molecule has 0 aliphatic heterocycles. The third kappa shape index (κ3) is 6.98. The van der Waals surface area contributed by atoms with Crippen molar-refractivity contribution in [2.75, 3.05) is 6.61 Å². The second-order valence-corrected chi connectivity index (χ2v) is 9.58. The maximum Gasteiger partial charge on any atom is 0.293 e. The van der Waals surface area contributed by atoms with Crippen molar-refractivity contribution < 1.29 is 29.0 Å². The molecule has 0 aromatic rings. The summed E-state index contributed by atoms with van der Waals surface area (Å²) in [4.78, 5) is 9.77. The maximum absolute atomic E-state index is 9.77. The average molecular weight is 246 g/mol. The van der Waals surface area contributed by atoms with E-state index in [4.69, 9.17) is 11.6 Å². The van der Waals surface area contributed by atoms with Crippen LogP contribution >= 0.6 is 11.6 Å². The number of ether oxygens (including phenoxy) is 1. The first-order valence-corrected chi connectivity index (χ1v) is 7.19. The van der Waals surface area contributed by atoms with Crippen molar-refractivity contribution >= 4 is 26.1 Å². The van der Waals surface area contributed by atoms with Crippen LogP contribution in [0.5, 0.6) is 0 Å². The van der Waals surface area contributed by atoms with Gasteiger partial charge in [0.2, 0.25) is 0 Å². The van der Waals surface area contributed by atoms with Crippen molar-refractivity contribution in [3.05, 3.63) is 0 Å². The molecule has 0 rings (SSSR count). The van der Waals surface area contributed by atoms with Gasteiger partial charge in [0.15, 0.2) is 0 Å². The zero-order valence-electron chi connectivity index (χ0n) is 7.26. The molecule has 1 unspecified atom stereocenters. The van der Waals surface area contributed by atoms with Crippen LogP contribution in [0, 0.1) is 0 Å². The molecule has 0 spiro atoms. The van der Waals surface area contributed by atoms with Crippen molar-refractivity contribution in [1.29, 1.82) is 0 Å². The van der Waals surface area contributed by atoms with Crippen LogP contribution in [-0.4, -0.2) is 26.2 Å². The van der Waals surface area contributed by atoms with E-state index in [0.717, 1.165) is 0 Å². The molecule has 0 saturated heterocycles. The molecule has 0 bridgehead atoms. The average Bonchev–Trinajstić information content (AvgIpc) is 1.80. The molecular weight excluding hydrogens is 233 g/mol. The van der Waals surface area contributed by atoms with Crippen LogP contribution in [0.25, 0.3) is 0 Å². The van der Waals surface area contributed by atoms with Crippen LogP contribution in [-0.2, 0) is 29.0 Å². The fourth-order valence-electron chi connectivity index (χ4n) is 0.374. The van der Waals surface area contributed by atoms with Crippen LogP contribution < -0.4 is 0 Å². The van der Waals surface area contributed by atoms with Gasteiger partial charge >= 0.3 is 0 Å². The molecule has 0 fully saturated rings. The van der Waals surface area contributed by atoms with Crippen LogP contribution in [0.15, 0.2) is 0 Å². The molecule has 2 nitrogen and oxygen atoms in total. The summed E-state index contributed by atoms with van der Waals surface area (Å²) < 4.78 is 4.54. The maximum atomic E-state index is 9.77. The fourth-order valence-corrected chi connectivity index (χ4v) is 1.04. The summed E-state index contributed by atoms with van der Waals surface area (Å²) >= 11 is 5.91. The first-order chi connectivity index (χ1) is 4.48. The largest absolute Gasteiger partial charge is 0.467 e. The zero-order chi connectivity index (χ0) is 8.20. The molecule has 5 heteroatoms. The van der Waals surface area contributed by atoms with Gasteiger partial charge in [0.25, 0.3) is 6.47 Å². The van der Waals surface area contributed by atoms with E-state index in [1.54, 1.807) is 0 Å². The second kappa shape index (κ2) is 6.15. The normalized spacial score (nSPS) is 13.1. The van der Waals surface area contributed by atoms with Gasteiger partial charge < -0.3 is 4.74 Å². The third-order valence-corrected chi connectivity index (χ3v) is 5.39. The second-order valence-electron chi connectivity index (χ2n) is 3.26. The van der Waals surface area contributed by atoms with Crippen LogP contribution in [0.4, 0.5) is 0 Å². The first kappa shape index (κ1) is 14.1. The predicted molar refractivity (Wildman–Crippen MR) is 45.0 cm³/mol. The number of hydrogen-bond acceptors (Lipinski definition) is 2. The molecule has 0 radical (unpaired) electrons. The topological polar surface area (TPSA) is 26.3 Å². The zero-order valence-corrected chi connectivity index (χ0v) is 12.0. The fraction of sp³-hybridized carbons (Fsp3) is 0.833. The van der Waals surface area contributed by atoms with Crippen molar-refractivity contribution in [2.24, 2.45) is 0 Å². The summed E-state index contributed by atoms with van der Waals surface area (Å²) in [5.74, 6) is 0. The molecule has 0 amide bonds. The summed E-state index contributed by atoms with van der Waals surface area (Å²) in [7, 11) is -1.32. The Labute approximate surface area is 86.4 Å². The van der Waals surface area contributed by atoms with Crippen LogP contribution in [0.3, 0.4) is 0 Å². The third-order valence-electron chi connectivity index (χ3n) is 1.25. The Balaban J connectivity index is 0. The molecule has 0 aliphatic rings. The Bertz CT molecular complexity index is 116. The minimum atomic E-state index is -1.32. The summed E-state index contributed by atoms with van der Waals surface area (Å²) in [5.41, 5.74) is 0. The Hall–Kier alpha value is 0.600. The monoisotopic (exact) mass is 244 g/mol. The van der Waals surface area contributed by atoms with Crippen molar-refractivity contribution in [3.8, 4) is 0 Å². The van der Waals surface area contributed by atoms with E-state index in [-0.39, 0.29) is 24.5 Å². The van der Waals surface area contributed by atoms with E-state index in [9.17, 15) is 4.79 Å². The van der Waals surface area contributed by atoms with E-state index in [1.807, 2.05) is 0 Å². The van der Waals surface area contributed by atoms with Gasteiger partial charge in [-0.1, -0.05) is 19.6 Å². The number of rotatable bonds is 4. The van der Waals surface area contributed by atoms with Gasteiger partial charge in [0.05, 0.1) is 13.1 Å².